The van der Waals surface area contributed by atoms with Crippen molar-refractivity contribution in [2.75, 3.05) is 19.0 Å². The predicted molar refractivity (Wildman–Crippen MR) is 129 cm³/mol. The lowest BCUT2D eigenvalue weighted by Gasteiger charge is -2.12. The van der Waals surface area contributed by atoms with E-state index in [1.807, 2.05) is 73.7 Å². The Morgan fingerprint density at radius 3 is 2.59 bits per heavy atom. The SMILES string of the molecule is CCOc1cc(-c2cccc(OC)c2)nc2ccc(C(=O)Nc3cccc(CC)c3)cc12. The van der Waals surface area contributed by atoms with Crippen LogP contribution in [0.2, 0.25) is 0 Å². The van der Waals surface area contributed by atoms with Gasteiger partial charge in [0.25, 0.3) is 5.91 Å². The van der Waals surface area contributed by atoms with E-state index in [0.29, 0.717) is 17.9 Å². The van der Waals surface area contributed by atoms with Gasteiger partial charge in [-0.1, -0.05) is 31.2 Å². The van der Waals surface area contributed by atoms with E-state index < -0.39 is 0 Å². The van der Waals surface area contributed by atoms with Crippen molar-refractivity contribution in [2.45, 2.75) is 20.3 Å². The summed E-state index contributed by atoms with van der Waals surface area (Å²) < 4.78 is 11.3. The summed E-state index contributed by atoms with van der Waals surface area (Å²) >= 11 is 0. The number of nitrogens with zero attached hydrogens (tertiary/aromatic N) is 1. The molecule has 5 nitrogen and oxygen atoms in total. The number of hydrogen-bond donors (Lipinski definition) is 1. The fourth-order valence-electron chi connectivity index (χ4n) is 3.61. The second kappa shape index (κ2) is 9.52. The summed E-state index contributed by atoms with van der Waals surface area (Å²) in [6.45, 7) is 4.54. The Morgan fingerprint density at radius 2 is 1.81 bits per heavy atom. The van der Waals surface area contributed by atoms with Crippen LogP contribution in [0.25, 0.3) is 22.2 Å². The zero-order valence-electron chi connectivity index (χ0n) is 18.5. The molecule has 1 heterocycles. The normalized spacial score (nSPS) is 10.7. The number of nitrogens with one attached hydrogen (secondary N) is 1. The minimum absolute atomic E-state index is 0.167. The third kappa shape index (κ3) is 4.57. The van der Waals surface area contributed by atoms with Crippen molar-refractivity contribution in [1.82, 2.24) is 4.98 Å². The van der Waals surface area contributed by atoms with E-state index in [4.69, 9.17) is 14.5 Å². The maximum Gasteiger partial charge on any atom is 0.255 e. The number of anilines is 1. The molecule has 0 aliphatic heterocycles. The highest BCUT2D eigenvalue weighted by atomic mass is 16.5. The number of hydrogen-bond acceptors (Lipinski definition) is 4. The molecule has 0 aliphatic carbocycles. The first kappa shape index (κ1) is 21.4. The molecule has 0 spiro atoms. The molecular formula is C27H26N2O3. The standard InChI is InChI=1S/C27H26N2O3/c1-4-18-8-6-10-21(14-18)28-27(30)20-12-13-24-23(16-20)26(32-5-2)17-25(29-24)19-9-7-11-22(15-19)31-3/h6-17H,4-5H2,1-3H3,(H,28,30). The molecule has 0 unspecified atom stereocenters. The van der Waals surface area contributed by atoms with E-state index in [9.17, 15) is 4.79 Å². The molecule has 0 fully saturated rings. The molecule has 5 heteroatoms. The fourth-order valence-corrected chi connectivity index (χ4v) is 3.61. The number of benzene rings is 3. The molecule has 0 bridgehead atoms. The van der Waals surface area contributed by atoms with E-state index in [2.05, 4.69) is 12.2 Å². The molecule has 162 valence electrons. The number of methoxy groups -OCH3 is 1. The molecule has 0 radical (unpaired) electrons. The van der Waals surface area contributed by atoms with Crippen molar-refractivity contribution in [2.24, 2.45) is 0 Å². The summed E-state index contributed by atoms with van der Waals surface area (Å²) in [5, 5.41) is 3.78. The zero-order chi connectivity index (χ0) is 22.5. The highest BCUT2D eigenvalue weighted by molar-refractivity contribution is 6.07. The van der Waals surface area contributed by atoms with Gasteiger partial charge in [0.15, 0.2) is 0 Å². The van der Waals surface area contributed by atoms with E-state index in [0.717, 1.165) is 40.0 Å². The smallest absolute Gasteiger partial charge is 0.255 e. The van der Waals surface area contributed by atoms with Gasteiger partial charge in [0, 0.05) is 28.3 Å². The molecule has 0 saturated carbocycles. The summed E-state index contributed by atoms with van der Waals surface area (Å²) in [4.78, 5) is 17.7. The number of fused-ring (bicyclic) bond motifs is 1. The van der Waals surface area contributed by atoms with Gasteiger partial charge in [0.05, 0.1) is 24.9 Å². The summed E-state index contributed by atoms with van der Waals surface area (Å²) in [6, 6.07) is 23.0. The molecule has 4 aromatic rings. The van der Waals surface area contributed by atoms with E-state index in [-0.39, 0.29) is 5.91 Å². The van der Waals surface area contributed by atoms with Crippen molar-refractivity contribution in [3.05, 3.63) is 83.9 Å². The van der Waals surface area contributed by atoms with Crippen LogP contribution in [-0.4, -0.2) is 24.6 Å². The Kier molecular flexibility index (Phi) is 6.36. The monoisotopic (exact) mass is 426 g/mol. The van der Waals surface area contributed by atoms with Crippen molar-refractivity contribution in [3.63, 3.8) is 0 Å². The maximum absolute atomic E-state index is 12.9. The van der Waals surface area contributed by atoms with Crippen LogP contribution in [0.1, 0.15) is 29.8 Å². The number of pyridine rings is 1. The summed E-state index contributed by atoms with van der Waals surface area (Å²) in [5.41, 5.74) is 4.99. The van der Waals surface area contributed by atoms with Crippen LogP contribution in [0.3, 0.4) is 0 Å². The van der Waals surface area contributed by atoms with Gasteiger partial charge >= 0.3 is 0 Å². The van der Waals surface area contributed by atoms with Crippen LogP contribution in [-0.2, 0) is 6.42 Å². The molecule has 4 rings (SSSR count). The van der Waals surface area contributed by atoms with Crippen LogP contribution in [0, 0.1) is 0 Å². The first-order valence-electron chi connectivity index (χ1n) is 10.7. The number of amides is 1. The summed E-state index contributed by atoms with van der Waals surface area (Å²) in [7, 11) is 1.64. The van der Waals surface area contributed by atoms with Crippen LogP contribution in [0.15, 0.2) is 72.8 Å². The lowest BCUT2D eigenvalue weighted by Crippen LogP contribution is -2.12. The van der Waals surface area contributed by atoms with Crippen molar-refractivity contribution < 1.29 is 14.3 Å². The van der Waals surface area contributed by atoms with Crippen LogP contribution < -0.4 is 14.8 Å². The first-order chi connectivity index (χ1) is 15.6. The Morgan fingerprint density at radius 1 is 0.969 bits per heavy atom. The van der Waals surface area contributed by atoms with Crippen molar-refractivity contribution in [3.8, 4) is 22.8 Å². The van der Waals surface area contributed by atoms with Gasteiger partial charge in [0.1, 0.15) is 11.5 Å². The summed E-state index contributed by atoms with van der Waals surface area (Å²) in [6.07, 6.45) is 0.915. The lowest BCUT2D eigenvalue weighted by molar-refractivity contribution is 0.102. The topological polar surface area (TPSA) is 60.5 Å². The van der Waals surface area contributed by atoms with Gasteiger partial charge in [-0.05, 0) is 61.4 Å². The highest BCUT2D eigenvalue weighted by Crippen LogP contribution is 2.32. The Balaban J connectivity index is 1.71. The minimum atomic E-state index is -0.167. The number of carbonyl (C=O) groups excluding carboxylic acids is 1. The third-order valence-corrected chi connectivity index (χ3v) is 5.29. The zero-order valence-corrected chi connectivity index (χ0v) is 18.5. The summed E-state index contributed by atoms with van der Waals surface area (Å²) in [5.74, 6) is 1.29. The average molecular weight is 427 g/mol. The molecule has 32 heavy (non-hydrogen) atoms. The average Bonchev–Trinajstić information content (AvgIpc) is 2.84. The van der Waals surface area contributed by atoms with Gasteiger partial charge in [-0.25, -0.2) is 4.98 Å². The molecule has 0 atom stereocenters. The lowest BCUT2D eigenvalue weighted by atomic mass is 10.1. The molecule has 1 N–H and O–H groups in total. The van der Waals surface area contributed by atoms with E-state index in [1.54, 1.807) is 13.2 Å². The van der Waals surface area contributed by atoms with E-state index >= 15 is 0 Å². The molecule has 0 aliphatic rings. The van der Waals surface area contributed by atoms with Crippen LogP contribution >= 0.6 is 0 Å². The third-order valence-electron chi connectivity index (χ3n) is 5.29. The van der Waals surface area contributed by atoms with Gasteiger partial charge in [0.2, 0.25) is 0 Å². The van der Waals surface area contributed by atoms with Gasteiger partial charge in [-0.15, -0.1) is 0 Å². The van der Waals surface area contributed by atoms with Crippen molar-refractivity contribution >= 4 is 22.5 Å². The van der Waals surface area contributed by atoms with Crippen molar-refractivity contribution in [1.29, 1.82) is 0 Å². The molecule has 1 aromatic heterocycles. The predicted octanol–water partition coefficient (Wildman–Crippen LogP) is 6.12. The maximum atomic E-state index is 12.9. The van der Waals surface area contributed by atoms with Crippen LogP contribution in [0.4, 0.5) is 5.69 Å². The molecular weight excluding hydrogens is 400 g/mol. The second-order valence-electron chi connectivity index (χ2n) is 7.41. The van der Waals surface area contributed by atoms with Crippen LogP contribution in [0.5, 0.6) is 11.5 Å². The molecule has 0 saturated heterocycles. The first-order valence-corrected chi connectivity index (χ1v) is 10.7. The quantitative estimate of drug-likeness (QED) is 0.386. The second-order valence-corrected chi connectivity index (χ2v) is 7.41. The Labute approximate surface area is 188 Å². The van der Waals surface area contributed by atoms with Gasteiger partial charge in [-0.2, -0.15) is 0 Å². The van der Waals surface area contributed by atoms with Gasteiger partial charge in [-0.3, -0.25) is 4.79 Å². The van der Waals surface area contributed by atoms with E-state index in [1.165, 1.54) is 5.56 Å². The fraction of sp³-hybridized carbons (Fsp3) is 0.185. The number of aromatic nitrogens is 1. The largest absolute Gasteiger partial charge is 0.497 e. The number of rotatable bonds is 7. The molecule has 3 aromatic carbocycles. The Hall–Kier alpha value is -3.86. The number of aryl methyl sites for hydroxylation is 1. The Bertz CT molecular complexity index is 1270. The molecule has 1 amide bonds. The number of carbonyl (C=O) groups is 1. The number of ether oxygens (including phenoxy) is 2. The minimum Gasteiger partial charge on any atom is -0.497 e. The highest BCUT2D eigenvalue weighted by Gasteiger charge is 2.13. The van der Waals surface area contributed by atoms with Gasteiger partial charge < -0.3 is 14.8 Å².